The zero-order chi connectivity index (χ0) is 7.11. The Hall–Kier alpha value is -0.550. The molecule has 9 heavy (non-hydrogen) atoms. The number of hydrogen-bond acceptors (Lipinski definition) is 2. The first-order chi connectivity index (χ1) is 4.31. The van der Waals surface area contributed by atoms with Crippen molar-refractivity contribution in [2.45, 2.75) is 32.8 Å². The topological polar surface area (TPSA) is 33.0 Å². The zero-order valence-corrected chi connectivity index (χ0v) is 6.05. The monoisotopic (exact) mass is 127 g/mol. The molecule has 0 rings (SSSR count). The van der Waals surface area contributed by atoms with Crippen LogP contribution in [0.5, 0.6) is 0 Å². The Labute approximate surface area is 56.4 Å². The van der Waals surface area contributed by atoms with Gasteiger partial charge in [-0.25, -0.2) is 0 Å². The van der Waals surface area contributed by atoms with Crippen LogP contribution in [-0.4, -0.2) is 12.7 Å². The van der Waals surface area contributed by atoms with Gasteiger partial charge in [0.15, 0.2) is 0 Å². The Bertz CT molecular complexity index is 95.6. The molecule has 0 aromatic carbocycles. The second kappa shape index (κ2) is 5.58. The summed E-state index contributed by atoms with van der Waals surface area (Å²) < 4.78 is 5.07. The normalized spacial score (nSPS) is 12.6. The van der Waals surface area contributed by atoms with Crippen LogP contribution in [-0.2, 0) is 4.74 Å². The van der Waals surface area contributed by atoms with Crippen LogP contribution < -0.4 is 0 Å². The maximum Gasteiger partial charge on any atom is 0.134 e. The fourth-order valence-electron chi connectivity index (χ4n) is 0.669. The Morgan fingerprint density at radius 2 is 2.33 bits per heavy atom. The molecule has 0 aliphatic rings. The van der Waals surface area contributed by atoms with Gasteiger partial charge in [-0.15, -0.1) is 0 Å². The molecule has 0 fully saturated rings. The second-order valence-corrected chi connectivity index (χ2v) is 2.07. The average molecular weight is 127 g/mol. The molecule has 0 bridgehead atoms. The van der Waals surface area contributed by atoms with Crippen molar-refractivity contribution in [2.24, 2.45) is 0 Å². The minimum Gasteiger partial charge on any atom is -0.364 e. The van der Waals surface area contributed by atoms with Gasteiger partial charge in [0.25, 0.3) is 0 Å². The summed E-state index contributed by atoms with van der Waals surface area (Å²) >= 11 is 0. The molecule has 0 radical (unpaired) electrons. The van der Waals surface area contributed by atoms with Gasteiger partial charge in [0.05, 0.1) is 12.2 Å². The fourth-order valence-corrected chi connectivity index (χ4v) is 0.669. The molecule has 52 valence electrons. The highest BCUT2D eigenvalue weighted by molar-refractivity contribution is 4.67. The van der Waals surface area contributed by atoms with E-state index in [-0.39, 0.29) is 12.7 Å². The van der Waals surface area contributed by atoms with Gasteiger partial charge < -0.3 is 4.74 Å². The predicted molar refractivity (Wildman–Crippen MR) is 35.9 cm³/mol. The van der Waals surface area contributed by atoms with Crippen molar-refractivity contribution in [3.8, 4) is 6.07 Å². The summed E-state index contributed by atoms with van der Waals surface area (Å²) in [6.45, 7) is 4.31. The first kappa shape index (κ1) is 8.45. The van der Waals surface area contributed by atoms with Crippen molar-refractivity contribution in [2.75, 3.05) is 6.61 Å². The van der Waals surface area contributed by atoms with Crippen molar-refractivity contribution in [1.82, 2.24) is 0 Å². The Morgan fingerprint density at radius 1 is 1.67 bits per heavy atom. The second-order valence-electron chi connectivity index (χ2n) is 2.07. The number of nitrogens with zero attached hydrogens (tertiary/aromatic N) is 1. The number of ether oxygens (including phenoxy) is 1. The zero-order valence-electron chi connectivity index (χ0n) is 6.05. The van der Waals surface area contributed by atoms with Crippen LogP contribution in [0, 0.1) is 11.3 Å². The van der Waals surface area contributed by atoms with Gasteiger partial charge in [-0.3, -0.25) is 0 Å². The van der Waals surface area contributed by atoms with Crippen molar-refractivity contribution < 1.29 is 4.74 Å². The number of rotatable bonds is 4. The molecule has 0 N–H and O–H groups in total. The van der Waals surface area contributed by atoms with Gasteiger partial charge in [0.2, 0.25) is 0 Å². The summed E-state index contributed by atoms with van der Waals surface area (Å²) in [6, 6.07) is 1.93. The summed E-state index contributed by atoms with van der Waals surface area (Å²) in [4.78, 5) is 0. The molecule has 0 aliphatic heterocycles. The number of hydrogen-bond donors (Lipinski definition) is 0. The van der Waals surface area contributed by atoms with E-state index in [1.165, 1.54) is 0 Å². The van der Waals surface area contributed by atoms with Gasteiger partial charge in [0, 0.05) is 0 Å². The maximum absolute atomic E-state index is 8.11. The molecule has 1 atom stereocenters. The van der Waals surface area contributed by atoms with Gasteiger partial charge in [-0.2, -0.15) is 5.26 Å². The van der Waals surface area contributed by atoms with E-state index in [2.05, 4.69) is 6.92 Å². The average Bonchev–Trinajstić information content (AvgIpc) is 1.85. The van der Waals surface area contributed by atoms with Crippen LogP contribution in [0.1, 0.15) is 26.7 Å². The molecule has 0 saturated carbocycles. The van der Waals surface area contributed by atoms with Gasteiger partial charge in [-0.05, 0) is 13.3 Å². The van der Waals surface area contributed by atoms with Crippen LogP contribution in [0.3, 0.4) is 0 Å². The third-order valence-electron chi connectivity index (χ3n) is 1.13. The van der Waals surface area contributed by atoms with Gasteiger partial charge in [-0.1, -0.05) is 13.3 Å². The number of nitriles is 1. The van der Waals surface area contributed by atoms with Crippen molar-refractivity contribution in [3.63, 3.8) is 0 Å². The maximum atomic E-state index is 8.11. The van der Waals surface area contributed by atoms with Gasteiger partial charge >= 0.3 is 0 Å². The molecule has 2 nitrogen and oxygen atoms in total. The van der Waals surface area contributed by atoms with E-state index >= 15 is 0 Å². The molecule has 1 unspecified atom stereocenters. The van der Waals surface area contributed by atoms with Crippen LogP contribution in [0.2, 0.25) is 0 Å². The fraction of sp³-hybridized carbons (Fsp3) is 0.857. The smallest absolute Gasteiger partial charge is 0.134 e. The molecule has 2 heteroatoms. The third kappa shape index (κ3) is 5.32. The van der Waals surface area contributed by atoms with E-state index in [0.717, 1.165) is 12.8 Å². The molecule has 0 amide bonds. The minimum absolute atomic E-state index is 0.223. The first-order valence-electron chi connectivity index (χ1n) is 3.29. The van der Waals surface area contributed by atoms with Crippen molar-refractivity contribution in [3.05, 3.63) is 0 Å². The molecule has 0 aliphatic carbocycles. The van der Waals surface area contributed by atoms with E-state index in [1.807, 2.05) is 13.0 Å². The summed E-state index contributed by atoms with van der Waals surface area (Å²) in [5.41, 5.74) is 0. The van der Waals surface area contributed by atoms with E-state index in [4.69, 9.17) is 10.00 Å². The van der Waals surface area contributed by atoms with E-state index < -0.39 is 0 Å². The lowest BCUT2D eigenvalue weighted by atomic mass is 10.2. The molecular weight excluding hydrogens is 114 g/mol. The molecular formula is C7H13NO. The van der Waals surface area contributed by atoms with Crippen LogP contribution in [0.25, 0.3) is 0 Å². The van der Waals surface area contributed by atoms with Crippen LogP contribution in [0.15, 0.2) is 0 Å². The Balaban J connectivity index is 3.07. The SMILES string of the molecule is CCCC(C)OCC#N. The van der Waals surface area contributed by atoms with Gasteiger partial charge in [0.1, 0.15) is 6.61 Å². The molecule has 0 heterocycles. The molecule has 0 aromatic rings. The largest absolute Gasteiger partial charge is 0.364 e. The summed E-state index contributed by atoms with van der Waals surface area (Å²) in [6.07, 6.45) is 2.41. The summed E-state index contributed by atoms with van der Waals surface area (Å²) in [5.74, 6) is 0. The molecule has 0 aromatic heterocycles. The first-order valence-corrected chi connectivity index (χ1v) is 3.29. The summed E-state index contributed by atoms with van der Waals surface area (Å²) in [7, 11) is 0. The van der Waals surface area contributed by atoms with Crippen LogP contribution in [0.4, 0.5) is 0 Å². The van der Waals surface area contributed by atoms with E-state index in [0.29, 0.717) is 0 Å². The predicted octanol–water partition coefficient (Wildman–Crippen LogP) is 1.72. The molecule has 0 spiro atoms. The van der Waals surface area contributed by atoms with Crippen LogP contribution >= 0.6 is 0 Å². The van der Waals surface area contributed by atoms with E-state index in [1.54, 1.807) is 0 Å². The van der Waals surface area contributed by atoms with E-state index in [9.17, 15) is 0 Å². The highest BCUT2D eigenvalue weighted by Gasteiger charge is 1.97. The molecule has 0 saturated heterocycles. The quantitative estimate of drug-likeness (QED) is 0.576. The lowest BCUT2D eigenvalue weighted by molar-refractivity contribution is 0.0843. The highest BCUT2D eigenvalue weighted by Crippen LogP contribution is 1.98. The highest BCUT2D eigenvalue weighted by atomic mass is 16.5. The lowest BCUT2D eigenvalue weighted by Gasteiger charge is -2.06. The Kier molecular flexibility index (Phi) is 5.24. The van der Waals surface area contributed by atoms with Crippen molar-refractivity contribution >= 4 is 0 Å². The Morgan fingerprint density at radius 3 is 2.78 bits per heavy atom. The minimum atomic E-state index is 0.223. The van der Waals surface area contributed by atoms with Crippen molar-refractivity contribution in [1.29, 1.82) is 5.26 Å². The summed E-state index contributed by atoms with van der Waals surface area (Å²) in [5, 5.41) is 8.11. The lowest BCUT2D eigenvalue weighted by Crippen LogP contribution is -2.07. The standard InChI is InChI=1S/C7H13NO/c1-3-4-7(2)9-6-5-8/h7H,3-4,6H2,1-2H3. The third-order valence-corrected chi connectivity index (χ3v) is 1.13.